The molecular formula is C22H20Cl2N2O3S. The van der Waals surface area contributed by atoms with E-state index in [4.69, 9.17) is 23.2 Å². The number of benzene rings is 2. The maximum absolute atomic E-state index is 12.5. The number of carbonyl (C=O) groups is 1. The molecule has 1 unspecified atom stereocenters. The highest BCUT2D eigenvalue weighted by molar-refractivity contribution is 7.99. The number of nitrogens with one attached hydrogen (secondary N) is 1. The molecule has 0 spiro atoms. The van der Waals surface area contributed by atoms with E-state index >= 15 is 0 Å². The van der Waals surface area contributed by atoms with Crippen molar-refractivity contribution in [1.82, 2.24) is 9.88 Å². The summed E-state index contributed by atoms with van der Waals surface area (Å²) in [6, 6.07) is 15.0. The van der Waals surface area contributed by atoms with Gasteiger partial charge in [-0.15, -0.1) is 0 Å². The first kappa shape index (κ1) is 22.2. The Morgan fingerprint density at radius 3 is 2.43 bits per heavy atom. The minimum absolute atomic E-state index is 0.229. The number of amides is 1. The Hall–Kier alpha value is -2.54. The summed E-state index contributed by atoms with van der Waals surface area (Å²) in [5.41, 5.74) is 1.70. The smallest absolute Gasteiger partial charge is 0.253 e. The van der Waals surface area contributed by atoms with Gasteiger partial charge in [0.1, 0.15) is 0 Å². The third-order valence-electron chi connectivity index (χ3n) is 4.48. The van der Waals surface area contributed by atoms with Crippen molar-refractivity contribution in [3.8, 4) is 0 Å². The average Bonchev–Trinajstić information content (AvgIpc) is 2.68. The van der Waals surface area contributed by atoms with Crippen molar-refractivity contribution >= 4 is 44.5 Å². The monoisotopic (exact) mass is 462 g/mol. The van der Waals surface area contributed by atoms with E-state index in [1.54, 1.807) is 48.7 Å². The fourth-order valence-electron chi connectivity index (χ4n) is 2.81. The molecule has 0 aliphatic rings. The van der Waals surface area contributed by atoms with E-state index in [9.17, 15) is 13.8 Å². The highest BCUT2D eigenvalue weighted by Gasteiger charge is 2.10. The first-order chi connectivity index (χ1) is 14.1. The summed E-state index contributed by atoms with van der Waals surface area (Å²) in [7, 11) is -2.29. The molecule has 0 fully saturated rings. The van der Waals surface area contributed by atoms with Gasteiger partial charge in [-0.2, -0.15) is 0 Å². The van der Waals surface area contributed by atoms with Crippen LogP contribution in [0.15, 0.2) is 70.5 Å². The molecule has 0 aliphatic carbocycles. The number of carbonyl (C=O) groups excluding carboxylic acids is 1. The molecule has 1 amide bonds. The van der Waals surface area contributed by atoms with Crippen LogP contribution in [0.4, 0.5) is 0 Å². The molecule has 3 aromatic rings. The van der Waals surface area contributed by atoms with Gasteiger partial charge in [0, 0.05) is 40.0 Å². The SMILES string of the molecule is C=S(C)(=O)c1ccc(Cn2cc(C(=O)NCc3ccc(Cl)cc3Cl)ccc2=O)cc1. The predicted octanol–water partition coefficient (Wildman–Crippen LogP) is 3.84. The zero-order valence-corrected chi connectivity index (χ0v) is 18.6. The predicted molar refractivity (Wildman–Crippen MR) is 123 cm³/mol. The van der Waals surface area contributed by atoms with Crippen LogP contribution >= 0.6 is 23.2 Å². The Morgan fingerprint density at radius 2 is 1.80 bits per heavy atom. The van der Waals surface area contributed by atoms with Gasteiger partial charge in [0.05, 0.1) is 12.1 Å². The molecule has 2 aromatic carbocycles. The van der Waals surface area contributed by atoms with Crippen LogP contribution in [0.2, 0.25) is 10.0 Å². The van der Waals surface area contributed by atoms with E-state index in [-0.39, 0.29) is 24.6 Å². The molecule has 0 saturated heterocycles. The van der Waals surface area contributed by atoms with Crippen LogP contribution < -0.4 is 10.9 Å². The second-order valence-electron chi connectivity index (χ2n) is 6.95. The van der Waals surface area contributed by atoms with Gasteiger partial charge in [0.25, 0.3) is 11.5 Å². The second kappa shape index (κ2) is 9.08. The molecule has 1 atom stereocenters. The summed E-state index contributed by atoms with van der Waals surface area (Å²) in [5, 5.41) is 3.78. The van der Waals surface area contributed by atoms with Gasteiger partial charge in [0.2, 0.25) is 0 Å². The van der Waals surface area contributed by atoms with Crippen LogP contribution in [0.5, 0.6) is 0 Å². The van der Waals surface area contributed by atoms with Crippen LogP contribution in [-0.4, -0.2) is 26.8 Å². The summed E-state index contributed by atoms with van der Waals surface area (Å²) in [5.74, 6) is 3.34. The van der Waals surface area contributed by atoms with Crippen LogP contribution in [-0.2, 0) is 22.6 Å². The normalized spacial score (nSPS) is 12.9. The van der Waals surface area contributed by atoms with Gasteiger partial charge in [-0.3, -0.25) is 13.8 Å². The maximum Gasteiger partial charge on any atom is 0.253 e. The van der Waals surface area contributed by atoms with Gasteiger partial charge in [-0.25, -0.2) is 0 Å². The molecule has 1 N–H and O–H groups in total. The number of pyridine rings is 1. The number of nitrogens with zero attached hydrogens (tertiary/aromatic N) is 1. The molecule has 0 bridgehead atoms. The third kappa shape index (κ3) is 5.53. The van der Waals surface area contributed by atoms with E-state index in [0.717, 1.165) is 11.1 Å². The summed E-state index contributed by atoms with van der Waals surface area (Å²) in [6.07, 6.45) is 3.09. The first-order valence-electron chi connectivity index (χ1n) is 8.97. The van der Waals surface area contributed by atoms with E-state index < -0.39 is 9.52 Å². The van der Waals surface area contributed by atoms with Gasteiger partial charge in [0.15, 0.2) is 0 Å². The molecular weight excluding hydrogens is 443 g/mol. The molecule has 156 valence electrons. The highest BCUT2D eigenvalue weighted by Crippen LogP contribution is 2.20. The van der Waals surface area contributed by atoms with Crippen LogP contribution in [0.1, 0.15) is 21.5 Å². The number of hydrogen-bond donors (Lipinski definition) is 1. The minimum Gasteiger partial charge on any atom is -0.348 e. The topological polar surface area (TPSA) is 68.2 Å². The zero-order chi connectivity index (χ0) is 21.9. The molecule has 0 radical (unpaired) electrons. The van der Waals surface area contributed by atoms with Crippen LogP contribution in [0.25, 0.3) is 0 Å². The van der Waals surface area contributed by atoms with Gasteiger partial charge in [-0.1, -0.05) is 41.4 Å². The molecule has 1 aromatic heterocycles. The lowest BCUT2D eigenvalue weighted by Gasteiger charge is -2.11. The largest absolute Gasteiger partial charge is 0.348 e. The quantitative estimate of drug-likeness (QED) is 0.565. The van der Waals surface area contributed by atoms with Crippen molar-refractivity contribution in [1.29, 1.82) is 0 Å². The molecule has 30 heavy (non-hydrogen) atoms. The van der Waals surface area contributed by atoms with Gasteiger partial charge in [-0.05, 0) is 56.9 Å². The van der Waals surface area contributed by atoms with Crippen molar-refractivity contribution in [2.45, 2.75) is 18.0 Å². The van der Waals surface area contributed by atoms with Crippen molar-refractivity contribution in [2.24, 2.45) is 0 Å². The second-order valence-corrected chi connectivity index (χ2v) is 10.3. The Bertz CT molecular complexity index is 1250. The molecule has 5 nitrogen and oxygen atoms in total. The summed E-state index contributed by atoms with van der Waals surface area (Å²) in [6.45, 7) is 0.516. The molecule has 0 saturated carbocycles. The third-order valence-corrected chi connectivity index (χ3v) is 6.33. The Balaban J connectivity index is 1.74. The van der Waals surface area contributed by atoms with Gasteiger partial charge >= 0.3 is 0 Å². The molecule has 3 rings (SSSR count). The van der Waals surface area contributed by atoms with Crippen molar-refractivity contribution in [3.63, 3.8) is 0 Å². The zero-order valence-electron chi connectivity index (χ0n) is 16.2. The number of hydrogen-bond acceptors (Lipinski definition) is 3. The van der Waals surface area contributed by atoms with Crippen molar-refractivity contribution in [2.75, 3.05) is 6.26 Å². The van der Waals surface area contributed by atoms with E-state index in [1.165, 1.54) is 22.9 Å². The van der Waals surface area contributed by atoms with Crippen LogP contribution in [0, 0.1) is 0 Å². The fourth-order valence-corrected chi connectivity index (χ4v) is 4.00. The van der Waals surface area contributed by atoms with Crippen LogP contribution in [0.3, 0.4) is 0 Å². The van der Waals surface area contributed by atoms with E-state index in [2.05, 4.69) is 11.2 Å². The Morgan fingerprint density at radius 1 is 1.10 bits per heavy atom. The maximum atomic E-state index is 12.5. The fraction of sp³-hybridized carbons (Fsp3) is 0.136. The average molecular weight is 463 g/mol. The Kier molecular flexibility index (Phi) is 6.71. The summed E-state index contributed by atoms with van der Waals surface area (Å²) < 4.78 is 13.5. The lowest BCUT2D eigenvalue weighted by molar-refractivity contribution is 0.0950. The van der Waals surface area contributed by atoms with E-state index in [1.807, 2.05) is 0 Å². The first-order valence-corrected chi connectivity index (χ1v) is 11.9. The minimum atomic E-state index is -2.29. The van der Waals surface area contributed by atoms with Crippen molar-refractivity contribution < 1.29 is 9.00 Å². The molecule has 8 heteroatoms. The highest BCUT2D eigenvalue weighted by atomic mass is 35.5. The summed E-state index contributed by atoms with van der Waals surface area (Å²) in [4.78, 5) is 25.4. The number of halogens is 2. The molecule has 0 aliphatic heterocycles. The lowest BCUT2D eigenvalue weighted by Crippen LogP contribution is -2.26. The lowest BCUT2D eigenvalue weighted by atomic mass is 10.2. The molecule has 1 heterocycles. The number of aromatic nitrogens is 1. The van der Waals surface area contributed by atoms with Gasteiger partial charge < -0.3 is 9.88 Å². The van der Waals surface area contributed by atoms with Crippen molar-refractivity contribution in [3.05, 3.63) is 97.9 Å². The summed E-state index contributed by atoms with van der Waals surface area (Å²) >= 11 is 12.0. The standard InChI is InChI=1S/C22H20Cl2N2O3S/c1-30(2,29)19-8-3-15(4-9-19)13-26-14-17(6-10-21(26)27)22(28)25-12-16-5-7-18(23)11-20(16)24/h3-11,14H,1,12-13H2,2H3,(H,25,28). The van der Waals surface area contributed by atoms with E-state index in [0.29, 0.717) is 20.5 Å². The Labute approximate surface area is 185 Å². The number of rotatable bonds is 6.